The van der Waals surface area contributed by atoms with Crippen molar-refractivity contribution in [3.05, 3.63) is 61.5 Å². The summed E-state index contributed by atoms with van der Waals surface area (Å²) in [6.07, 6.45) is 14.0. The van der Waals surface area contributed by atoms with E-state index in [4.69, 9.17) is 18.9 Å². The Kier molecular flexibility index (Phi) is 18.8. The number of rotatable bonds is 15. The Bertz CT molecular complexity index is 692. The van der Waals surface area contributed by atoms with E-state index in [2.05, 4.69) is 18.9 Å². The molecule has 1 atom stereocenters. The lowest BCUT2D eigenvalue weighted by Gasteiger charge is -2.16. The minimum Gasteiger partial charge on any atom is -0.505 e. The van der Waals surface area contributed by atoms with Crippen molar-refractivity contribution < 1.29 is 52.3 Å². The zero-order valence-electron chi connectivity index (χ0n) is 18.9. The van der Waals surface area contributed by atoms with Gasteiger partial charge in [0.1, 0.15) is 25.7 Å². The molecule has 0 bridgehead atoms. The molecule has 0 spiro atoms. The van der Waals surface area contributed by atoms with Crippen LogP contribution in [0.5, 0.6) is 0 Å². The molecule has 0 saturated carbocycles. The number of hydrogen-bond donors (Lipinski definition) is 0. The normalized spacial score (nSPS) is 12.3. The lowest BCUT2D eigenvalue weighted by atomic mass is 10.3. The molecule has 11 nitrogen and oxygen atoms in total. The zero-order chi connectivity index (χ0) is 24.6. The van der Waals surface area contributed by atoms with Crippen LogP contribution in [-0.2, 0) is 37.9 Å². The quantitative estimate of drug-likeness (QED) is 0.145. The predicted octanol–water partition coefficient (Wildman–Crippen LogP) is 4.52. The molecule has 0 saturated heterocycles. The molecule has 11 heteroatoms. The third-order valence-corrected chi connectivity index (χ3v) is 3.20. The van der Waals surface area contributed by atoms with Crippen molar-refractivity contribution in [2.45, 2.75) is 25.4 Å². The van der Waals surface area contributed by atoms with Gasteiger partial charge in [-0.15, -0.1) is 0 Å². The zero-order valence-corrected chi connectivity index (χ0v) is 18.9. The Morgan fingerprint density at radius 3 is 1.70 bits per heavy atom. The summed E-state index contributed by atoms with van der Waals surface area (Å²) in [5.74, 6) is 0. The van der Waals surface area contributed by atoms with Crippen LogP contribution in [-0.4, -0.2) is 59.1 Å². The standard InChI is InChI=1S/C22H30O11/c1-26-13-11-9-7-5-4-6-8-10-12-14-29-21(24)32-18-19(17-31-20(23)28-3)33-22(25)30-16-15-27-2/h5-8,11-16,19H,4,9-10,17-18H2,1-3H3/b7-5-,8-6-,13-11-,14-12-,16-15-. The van der Waals surface area contributed by atoms with Gasteiger partial charge < -0.3 is 37.9 Å². The third-order valence-electron chi connectivity index (χ3n) is 3.20. The van der Waals surface area contributed by atoms with Gasteiger partial charge in [0.15, 0.2) is 6.10 Å². The lowest BCUT2D eigenvalue weighted by Crippen LogP contribution is -2.30. The molecular formula is C22H30O11. The van der Waals surface area contributed by atoms with E-state index in [0.717, 1.165) is 32.5 Å². The molecule has 0 aromatic carbocycles. The van der Waals surface area contributed by atoms with Gasteiger partial charge in [0.25, 0.3) is 0 Å². The van der Waals surface area contributed by atoms with Crippen LogP contribution in [0.2, 0.25) is 0 Å². The molecule has 0 aliphatic rings. The molecule has 0 aliphatic heterocycles. The Hall–Kier alpha value is -3.89. The predicted molar refractivity (Wildman–Crippen MR) is 116 cm³/mol. The third kappa shape index (κ3) is 19.8. The van der Waals surface area contributed by atoms with Crippen molar-refractivity contribution in [1.29, 1.82) is 0 Å². The largest absolute Gasteiger partial charge is 0.513 e. The van der Waals surface area contributed by atoms with Crippen LogP contribution in [0, 0.1) is 0 Å². The van der Waals surface area contributed by atoms with E-state index < -0.39 is 37.8 Å². The van der Waals surface area contributed by atoms with Crippen molar-refractivity contribution in [2.24, 2.45) is 0 Å². The van der Waals surface area contributed by atoms with Crippen molar-refractivity contribution in [2.75, 3.05) is 34.5 Å². The van der Waals surface area contributed by atoms with Gasteiger partial charge in [-0.05, 0) is 31.4 Å². The summed E-state index contributed by atoms with van der Waals surface area (Å²) in [5, 5.41) is 0. The molecule has 33 heavy (non-hydrogen) atoms. The van der Waals surface area contributed by atoms with E-state index >= 15 is 0 Å². The van der Waals surface area contributed by atoms with Crippen LogP contribution in [0.15, 0.2) is 61.5 Å². The second kappa shape index (κ2) is 21.3. The average Bonchev–Trinajstić information content (AvgIpc) is 2.81. The van der Waals surface area contributed by atoms with Crippen molar-refractivity contribution in [1.82, 2.24) is 0 Å². The highest BCUT2D eigenvalue weighted by Gasteiger charge is 2.20. The summed E-state index contributed by atoms with van der Waals surface area (Å²) >= 11 is 0. The molecule has 0 aromatic rings. The molecule has 0 N–H and O–H groups in total. The minimum atomic E-state index is -1.16. The number of carbonyl (C=O) groups is 3. The Labute approximate surface area is 192 Å². The van der Waals surface area contributed by atoms with E-state index in [9.17, 15) is 14.4 Å². The smallest absolute Gasteiger partial charge is 0.505 e. The first-order chi connectivity index (χ1) is 16.0. The maximum Gasteiger partial charge on any atom is 0.513 e. The fourth-order valence-corrected chi connectivity index (χ4v) is 1.77. The summed E-state index contributed by atoms with van der Waals surface area (Å²) in [6.45, 7) is -0.903. The van der Waals surface area contributed by atoms with Crippen LogP contribution in [0.3, 0.4) is 0 Å². The van der Waals surface area contributed by atoms with Crippen LogP contribution >= 0.6 is 0 Å². The van der Waals surface area contributed by atoms with Gasteiger partial charge >= 0.3 is 18.5 Å². The molecule has 0 heterocycles. The molecule has 0 aliphatic carbocycles. The second-order valence-corrected chi connectivity index (χ2v) is 5.69. The lowest BCUT2D eigenvalue weighted by molar-refractivity contribution is -0.0324. The van der Waals surface area contributed by atoms with Gasteiger partial charge in [-0.3, -0.25) is 0 Å². The maximum atomic E-state index is 11.7. The summed E-state index contributed by atoms with van der Waals surface area (Å²) < 4.78 is 37.4. The van der Waals surface area contributed by atoms with Gasteiger partial charge in [0.05, 0.1) is 33.9 Å². The SMILES string of the molecule is CO/C=C\C/C=C\C/C=C\C/C=C\OC(=O)OCC(COC(=O)OC)OC(=O)O/C=C\OC. The molecule has 0 fully saturated rings. The topological polar surface area (TPSA) is 125 Å². The fraction of sp³-hybridized carbons (Fsp3) is 0.409. The van der Waals surface area contributed by atoms with E-state index in [-0.39, 0.29) is 0 Å². The first-order valence-corrected chi connectivity index (χ1v) is 9.75. The monoisotopic (exact) mass is 470 g/mol. The second-order valence-electron chi connectivity index (χ2n) is 5.69. The van der Waals surface area contributed by atoms with Gasteiger partial charge in [-0.1, -0.05) is 24.3 Å². The molecule has 0 rings (SSSR count). The van der Waals surface area contributed by atoms with Crippen LogP contribution in [0.1, 0.15) is 19.3 Å². The Balaban J connectivity index is 4.27. The van der Waals surface area contributed by atoms with Crippen molar-refractivity contribution in [3.8, 4) is 0 Å². The van der Waals surface area contributed by atoms with E-state index in [1.54, 1.807) is 19.4 Å². The molecular weight excluding hydrogens is 440 g/mol. The number of ether oxygens (including phenoxy) is 8. The van der Waals surface area contributed by atoms with E-state index in [1.807, 2.05) is 30.4 Å². The van der Waals surface area contributed by atoms with Gasteiger partial charge in [0, 0.05) is 0 Å². The first kappa shape index (κ1) is 29.1. The van der Waals surface area contributed by atoms with Crippen molar-refractivity contribution >= 4 is 18.5 Å². The van der Waals surface area contributed by atoms with Crippen molar-refractivity contribution in [3.63, 3.8) is 0 Å². The van der Waals surface area contributed by atoms with Gasteiger partial charge in [-0.2, -0.15) is 0 Å². The summed E-state index contributed by atoms with van der Waals surface area (Å²) in [4.78, 5) is 34.3. The maximum absolute atomic E-state index is 11.7. The number of hydrogen-bond acceptors (Lipinski definition) is 11. The first-order valence-electron chi connectivity index (χ1n) is 9.75. The minimum absolute atomic E-state index is 0.444. The van der Waals surface area contributed by atoms with E-state index in [1.165, 1.54) is 13.4 Å². The summed E-state index contributed by atoms with van der Waals surface area (Å²) in [7, 11) is 4.05. The Morgan fingerprint density at radius 2 is 1.12 bits per heavy atom. The van der Waals surface area contributed by atoms with Crippen LogP contribution in [0.25, 0.3) is 0 Å². The average molecular weight is 470 g/mol. The Morgan fingerprint density at radius 1 is 0.606 bits per heavy atom. The number of carbonyl (C=O) groups excluding carboxylic acids is 3. The van der Waals surface area contributed by atoms with Crippen LogP contribution in [0.4, 0.5) is 14.4 Å². The van der Waals surface area contributed by atoms with Gasteiger partial charge in [-0.25, -0.2) is 14.4 Å². The van der Waals surface area contributed by atoms with Gasteiger partial charge in [0.2, 0.25) is 0 Å². The molecule has 1 unspecified atom stereocenters. The highest BCUT2D eigenvalue weighted by atomic mass is 16.8. The number of methoxy groups -OCH3 is 3. The highest BCUT2D eigenvalue weighted by molar-refractivity contribution is 5.62. The summed E-state index contributed by atoms with van der Waals surface area (Å²) in [5.41, 5.74) is 0. The molecule has 0 amide bonds. The molecule has 0 radical (unpaired) electrons. The fourth-order valence-electron chi connectivity index (χ4n) is 1.77. The summed E-state index contributed by atoms with van der Waals surface area (Å²) in [6, 6.07) is 0. The van der Waals surface area contributed by atoms with E-state index in [0.29, 0.717) is 6.42 Å². The van der Waals surface area contributed by atoms with Crippen LogP contribution < -0.4 is 0 Å². The number of allylic oxidation sites excluding steroid dienone is 6. The molecule has 184 valence electrons. The highest BCUT2D eigenvalue weighted by Crippen LogP contribution is 2.02. The molecule has 0 aromatic heterocycles.